The van der Waals surface area contributed by atoms with E-state index in [4.69, 9.17) is 0 Å². The number of amides is 1. The Morgan fingerprint density at radius 2 is 1.91 bits per heavy atom. The van der Waals surface area contributed by atoms with Crippen molar-refractivity contribution in [1.29, 1.82) is 0 Å². The second-order valence-electron chi connectivity index (χ2n) is 5.00. The minimum absolute atomic E-state index is 0. The molecule has 0 radical (unpaired) electrons. The van der Waals surface area contributed by atoms with Gasteiger partial charge in [0.2, 0.25) is 5.91 Å². The van der Waals surface area contributed by atoms with E-state index in [1.165, 1.54) is 24.3 Å². The number of benzene rings is 1. The van der Waals surface area contributed by atoms with Crippen LogP contribution in [0, 0.1) is 0 Å². The third kappa shape index (κ3) is 7.54. The van der Waals surface area contributed by atoms with E-state index in [1.807, 2.05) is 4.90 Å². The first-order valence-corrected chi connectivity index (χ1v) is 7.01. The van der Waals surface area contributed by atoms with Crippen molar-refractivity contribution in [2.45, 2.75) is 12.8 Å². The Kier molecular flexibility index (Phi) is 7.60. The molecular formula is C14H19ClF3N3O2. The minimum Gasteiger partial charge on any atom is -0.406 e. The fourth-order valence-electron chi connectivity index (χ4n) is 2.20. The number of anilines is 1. The minimum atomic E-state index is -4.72. The van der Waals surface area contributed by atoms with Crippen molar-refractivity contribution in [2.24, 2.45) is 0 Å². The molecule has 0 unspecified atom stereocenters. The van der Waals surface area contributed by atoms with Crippen molar-refractivity contribution in [3.8, 4) is 5.75 Å². The lowest BCUT2D eigenvalue weighted by Gasteiger charge is -2.18. The maximum Gasteiger partial charge on any atom is 0.573 e. The van der Waals surface area contributed by atoms with Gasteiger partial charge >= 0.3 is 6.36 Å². The zero-order valence-corrected chi connectivity index (χ0v) is 13.2. The van der Waals surface area contributed by atoms with E-state index in [0.717, 1.165) is 32.6 Å². The van der Waals surface area contributed by atoms with Crippen molar-refractivity contribution in [2.75, 3.05) is 38.0 Å². The summed E-state index contributed by atoms with van der Waals surface area (Å²) in [6.45, 7) is 3.70. The van der Waals surface area contributed by atoms with Crippen LogP contribution in [-0.2, 0) is 4.79 Å². The highest BCUT2D eigenvalue weighted by atomic mass is 35.5. The highest BCUT2D eigenvalue weighted by molar-refractivity contribution is 5.92. The Morgan fingerprint density at radius 3 is 2.57 bits per heavy atom. The maximum atomic E-state index is 12.0. The van der Waals surface area contributed by atoms with Gasteiger partial charge in [-0.25, -0.2) is 0 Å². The molecular weight excluding hydrogens is 335 g/mol. The van der Waals surface area contributed by atoms with E-state index in [9.17, 15) is 18.0 Å². The highest BCUT2D eigenvalue weighted by Gasteiger charge is 2.30. The number of hydrogen-bond donors (Lipinski definition) is 2. The van der Waals surface area contributed by atoms with Gasteiger partial charge in [0.05, 0.1) is 6.54 Å². The van der Waals surface area contributed by atoms with E-state index in [1.54, 1.807) is 0 Å². The van der Waals surface area contributed by atoms with Gasteiger partial charge in [-0.2, -0.15) is 0 Å². The summed E-state index contributed by atoms with van der Waals surface area (Å²) in [4.78, 5) is 14.0. The standard InChI is InChI=1S/C14H18F3N3O2.ClH/c15-14(16,17)22-12-4-2-11(3-5-12)19-13(21)10-20-8-1-6-18-7-9-20;/h2-5,18H,1,6-10H2,(H,19,21);1H. The van der Waals surface area contributed by atoms with Crippen molar-refractivity contribution in [1.82, 2.24) is 10.2 Å². The second-order valence-corrected chi connectivity index (χ2v) is 5.00. The Morgan fingerprint density at radius 1 is 1.22 bits per heavy atom. The summed E-state index contributed by atoms with van der Waals surface area (Å²) in [6, 6.07) is 5.09. The summed E-state index contributed by atoms with van der Waals surface area (Å²) in [5, 5.41) is 5.91. The molecule has 1 fully saturated rings. The van der Waals surface area contributed by atoms with Gasteiger partial charge < -0.3 is 15.4 Å². The van der Waals surface area contributed by atoms with Crippen LogP contribution in [0.1, 0.15) is 6.42 Å². The molecule has 0 atom stereocenters. The first-order valence-electron chi connectivity index (χ1n) is 7.01. The van der Waals surface area contributed by atoms with E-state index in [0.29, 0.717) is 5.69 Å². The number of nitrogens with one attached hydrogen (secondary N) is 2. The third-order valence-corrected chi connectivity index (χ3v) is 3.17. The number of carbonyl (C=O) groups is 1. The van der Waals surface area contributed by atoms with Crippen molar-refractivity contribution < 1.29 is 22.7 Å². The third-order valence-electron chi connectivity index (χ3n) is 3.17. The summed E-state index contributed by atoms with van der Waals surface area (Å²) in [6.07, 6.45) is -3.73. The number of rotatable bonds is 4. The topological polar surface area (TPSA) is 53.6 Å². The molecule has 9 heteroatoms. The molecule has 2 rings (SSSR count). The smallest absolute Gasteiger partial charge is 0.406 e. The molecule has 0 bridgehead atoms. The molecule has 1 aromatic rings. The lowest BCUT2D eigenvalue weighted by molar-refractivity contribution is -0.274. The monoisotopic (exact) mass is 353 g/mol. The predicted molar refractivity (Wildman–Crippen MR) is 82.9 cm³/mol. The van der Waals surface area contributed by atoms with Crippen LogP contribution in [0.3, 0.4) is 0 Å². The molecule has 0 aromatic heterocycles. The van der Waals surface area contributed by atoms with Crippen LogP contribution in [0.15, 0.2) is 24.3 Å². The number of carbonyl (C=O) groups excluding carboxylic acids is 1. The molecule has 1 heterocycles. The molecule has 23 heavy (non-hydrogen) atoms. The SMILES string of the molecule is Cl.O=C(CN1CCCNCC1)Nc1ccc(OC(F)(F)F)cc1. The number of hydrogen-bond acceptors (Lipinski definition) is 4. The average molecular weight is 354 g/mol. The Bertz CT molecular complexity index is 489. The lowest BCUT2D eigenvalue weighted by Crippen LogP contribution is -2.35. The van der Waals surface area contributed by atoms with Crippen LogP contribution >= 0.6 is 12.4 Å². The summed E-state index contributed by atoms with van der Waals surface area (Å²) in [7, 11) is 0. The van der Waals surface area contributed by atoms with E-state index in [-0.39, 0.29) is 30.6 Å². The van der Waals surface area contributed by atoms with E-state index < -0.39 is 6.36 Å². The Hall–Kier alpha value is -1.51. The molecule has 1 aromatic carbocycles. The zero-order valence-electron chi connectivity index (χ0n) is 12.4. The normalized spacial score (nSPS) is 16.1. The molecule has 0 saturated carbocycles. The number of halogens is 4. The summed E-state index contributed by atoms with van der Waals surface area (Å²) >= 11 is 0. The summed E-state index contributed by atoms with van der Waals surface area (Å²) in [5.74, 6) is -0.504. The molecule has 1 aliphatic rings. The number of ether oxygens (including phenoxy) is 1. The first kappa shape index (κ1) is 19.5. The first-order chi connectivity index (χ1) is 10.4. The molecule has 1 amide bonds. The Balaban J connectivity index is 0.00000264. The van der Waals surface area contributed by atoms with Crippen molar-refractivity contribution in [3.63, 3.8) is 0 Å². The van der Waals surface area contributed by atoms with Crippen LogP contribution in [0.4, 0.5) is 18.9 Å². The molecule has 5 nitrogen and oxygen atoms in total. The second kappa shape index (κ2) is 8.95. The van der Waals surface area contributed by atoms with Gasteiger partial charge in [0, 0.05) is 18.8 Å². The van der Waals surface area contributed by atoms with Gasteiger partial charge in [0.25, 0.3) is 0 Å². The molecule has 2 N–H and O–H groups in total. The molecule has 1 aliphatic heterocycles. The maximum absolute atomic E-state index is 12.0. The fraction of sp³-hybridized carbons (Fsp3) is 0.500. The molecule has 0 spiro atoms. The molecule has 1 saturated heterocycles. The quantitative estimate of drug-likeness (QED) is 0.871. The number of alkyl halides is 3. The summed E-state index contributed by atoms with van der Waals surface area (Å²) < 4.78 is 39.9. The van der Waals surface area contributed by atoms with Crippen LogP contribution in [0.25, 0.3) is 0 Å². The van der Waals surface area contributed by atoms with Crippen LogP contribution < -0.4 is 15.4 Å². The fourth-order valence-corrected chi connectivity index (χ4v) is 2.20. The predicted octanol–water partition coefficient (Wildman–Crippen LogP) is 2.24. The largest absolute Gasteiger partial charge is 0.573 e. The van der Waals surface area contributed by atoms with Crippen molar-refractivity contribution >= 4 is 24.0 Å². The highest BCUT2D eigenvalue weighted by Crippen LogP contribution is 2.23. The van der Waals surface area contributed by atoms with Crippen LogP contribution in [0.2, 0.25) is 0 Å². The van der Waals surface area contributed by atoms with Crippen LogP contribution in [-0.4, -0.2) is 49.9 Å². The van der Waals surface area contributed by atoms with Gasteiger partial charge in [-0.1, -0.05) is 0 Å². The number of nitrogens with zero attached hydrogens (tertiary/aromatic N) is 1. The Labute approximate surface area is 138 Å². The molecule has 130 valence electrons. The van der Waals surface area contributed by atoms with Gasteiger partial charge in [0.1, 0.15) is 5.75 Å². The van der Waals surface area contributed by atoms with Gasteiger partial charge in [-0.05, 0) is 43.8 Å². The average Bonchev–Trinajstić information content (AvgIpc) is 2.68. The van der Waals surface area contributed by atoms with Gasteiger partial charge in [-0.15, -0.1) is 25.6 Å². The van der Waals surface area contributed by atoms with E-state index >= 15 is 0 Å². The zero-order chi connectivity index (χ0) is 16.0. The molecule has 0 aliphatic carbocycles. The van der Waals surface area contributed by atoms with Crippen molar-refractivity contribution in [3.05, 3.63) is 24.3 Å². The van der Waals surface area contributed by atoms with E-state index in [2.05, 4.69) is 15.4 Å². The summed E-state index contributed by atoms with van der Waals surface area (Å²) in [5.41, 5.74) is 0.437. The van der Waals surface area contributed by atoms with Gasteiger partial charge in [0.15, 0.2) is 0 Å². The van der Waals surface area contributed by atoms with Crippen LogP contribution in [0.5, 0.6) is 5.75 Å². The van der Waals surface area contributed by atoms with Gasteiger partial charge in [-0.3, -0.25) is 9.69 Å². The lowest BCUT2D eigenvalue weighted by atomic mass is 10.3.